The number of carbonyl (C=O) groups excluding carboxylic acids is 1. The first kappa shape index (κ1) is 14.8. The number of nitriles is 1. The molecule has 104 valence electrons. The van der Waals surface area contributed by atoms with Crippen LogP contribution in [-0.4, -0.2) is 5.78 Å². The highest BCUT2D eigenvalue weighted by atomic mass is 35.5. The average molecular weight is 288 g/mol. The van der Waals surface area contributed by atoms with Gasteiger partial charge in [-0.2, -0.15) is 5.26 Å². The van der Waals surface area contributed by atoms with Gasteiger partial charge in [-0.05, 0) is 41.5 Å². The van der Waals surface area contributed by atoms with E-state index < -0.39 is 0 Å². The smallest absolute Gasteiger partial charge is 0.159 e. The van der Waals surface area contributed by atoms with Crippen molar-refractivity contribution in [1.82, 2.24) is 0 Å². The van der Waals surface area contributed by atoms with Crippen molar-refractivity contribution in [1.29, 1.82) is 5.26 Å². The molecule has 3 heteroatoms. The molecule has 2 nitrogen and oxygen atoms in total. The van der Waals surface area contributed by atoms with Crippen molar-refractivity contribution in [3.8, 4) is 6.07 Å². The Morgan fingerprint density at radius 3 is 2.65 bits per heavy atom. The second-order valence-corrected chi connectivity index (χ2v) is 6.39. The van der Waals surface area contributed by atoms with E-state index in [-0.39, 0.29) is 17.1 Å². The molecule has 0 radical (unpaired) electrons. The molecule has 0 aromatic heterocycles. The first-order valence-electron chi connectivity index (χ1n) is 6.79. The van der Waals surface area contributed by atoms with Crippen LogP contribution in [0.25, 0.3) is 6.08 Å². The van der Waals surface area contributed by atoms with Crippen molar-refractivity contribution < 1.29 is 4.79 Å². The molecule has 1 aromatic rings. The average Bonchev–Trinajstić information content (AvgIpc) is 2.42. The molecule has 1 saturated carbocycles. The topological polar surface area (TPSA) is 40.9 Å². The van der Waals surface area contributed by atoms with Crippen molar-refractivity contribution in [2.75, 3.05) is 0 Å². The lowest BCUT2D eigenvalue weighted by Crippen LogP contribution is -2.48. The summed E-state index contributed by atoms with van der Waals surface area (Å²) in [6.45, 7) is 4.16. The van der Waals surface area contributed by atoms with E-state index in [9.17, 15) is 4.79 Å². The van der Waals surface area contributed by atoms with Crippen LogP contribution in [0.3, 0.4) is 0 Å². The predicted octanol–water partition coefficient (Wildman–Crippen LogP) is 4.50. The first-order valence-corrected chi connectivity index (χ1v) is 7.17. The molecule has 2 atom stereocenters. The SMILES string of the molecule is CC1(C)[C@@H](CC#N)C[C@H]1C(=O)/C=C/c1ccc(Cl)cc1. The van der Waals surface area contributed by atoms with Crippen molar-refractivity contribution in [3.05, 3.63) is 40.9 Å². The van der Waals surface area contributed by atoms with E-state index in [1.807, 2.05) is 30.3 Å². The van der Waals surface area contributed by atoms with E-state index in [2.05, 4.69) is 19.9 Å². The molecule has 0 unspecified atom stereocenters. The number of hydrogen-bond acceptors (Lipinski definition) is 2. The van der Waals surface area contributed by atoms with Gasteiger partial charge in [-0.1, -0.05) is 43.7 Å². The van der Waals surface area contributed by atoms with Crippen LogP contribution in [-0.2, 0) is 4.79 Å². The minimum Gasteiger partial charge on any atom is -0.295 e. The van der Waals surface area contributed by atoms with Crippen LogP contribution < -0.4 is 0 Å². The molecule has 0 heterocycles. The summed E-state index contributed by atoms with van der Waals surface area (Å²) in [6, 6.07) is 9.59. The van der Waals surface area contributed by atoms with Gasteiger partial charge < -0.3 is 0 Å². The highest BCUT2D eigenvalue weighted by molar-refractivity contribution is 6.30. The number of halogens is 1. The van der Waals surface area contributed by atoms with E-state index in [1.165, 1.54) is 0 Å². The van der Waals surface area contributed by atoms with Crippen LogP contribution in [0.4, 0.5) is 0 Å². The van der Waals surface area contributed by atoms with Crippen LogP contribution in [0.1, 0.15) is 32.3 Å². The van der Waals surface area contributed by atoms with Gasteiger partial charge in [0.25, 0.3) is 0 Å². The quantitative estimate of drug-likeness (QED) is 0.765. The van der Waals surface area contributed by atoms with Crippen LogP contribution in [0.5, 0.6) is 0 Å². The van der Waals surface area contributed by atoms with Crippen LogP contribution in [0, 0.1) is 28.6 Å². The fourth-order valence-corrected chi connectivity index (χ4v) is 2.95. The van der Waals surface area contributed by atoms with Crippen LogP contribution in [0.2, 0.25) is 5.02 Å². The third-order valence-electron chi connectivity index (χ3n) is 4.46. The third-order valence-corrected chi connectivity index (χ3v) is 4.71. The Morgan fingerprint density at radius 1 is 1.45 bits per heavy atom. The Hall–Kier alpha value is -1.59. The summed E-state index contributed by atoms with van der Waals surface area (Å²) in [5, 5.41) is 9.46. The normalized spacial score (nSPS) is 24.1. The van der Waals surface area contributed by atoms with Crippen molar-refractivity contribution in [2.45, 2.75) is 26.7 Å². The maximum absolute atomic E-state index is 12.2. The highest BCUT2D eigenvalue weighted by Crippen LogP contribution is 2.53. The summed E-state index contributed by atoms with van der Waals surface area (Å²) in [6.07, 6.45) is 4.84. The van der Waals surface area contributed by atoms with Crippen LogP contribution in [0.15, 0.2) is 30.3 Å². The zero-order chi connectivity index (χ0) is 14.8. The number of carbonyl (C=O) groups is 1. The molecule has 1 aromatic carbocycles. The summed E-state index contributed by atoms with van der Waals surface area (Å²) in [5.74, 6) is 0.522. The first-order chi connectivity index (χ1) is 9.45. The second kappa shape index (κ2) is 5.81. The predicted molar refractivity (Wildman–Crippen MR) is 81.1 cm³/mol. The van der Waals surface area contributed by atoms with Gasteiger partial charge in [-0.3, -0.25) is 4.79 Å². The van der Waals surface area contributed by atoms with Gasteiger partial charge in [-0.15, -0.1) is 0 Å². The van der Waals surface area contributed by atoms with Gasteiger partial charge in [0.05, 0.1) is 6.07 Å². The number of hydrogen-bond donors (Lipinski definition) is 0. The molecule has 0 aliphatic heterocycles. The second-order valence-electron chi connectivity index (χ2n) is 5.96. The van der Waals surface area contributed by atoms with Crippen molar-refractivity contribution in [3.63, 3.8) is 0 Å². The highest BCUT2D eigenvalue weighted by Gasteiger charge is 2.50. The van der Waals surface area contributed by atoms with E-state index in [4.69, 9.17) is 16.9 Å². The minimum absolute atomic E-state index is 0.0319. The fourth-order valence-electron chi connectivity index (χ4n) is 2.82. The lowest BCUT2D eigenvalue weighted by molar-refractivity contribution is -0.132. The van der Waals surface area contributed by atoms with Crippen molar-refractivity contribution >= 4 is 23.5 Å². The molecule has 0 spiro atoms. The Kier molecular flexibility index (Phi) is 4.30. The van der Waals surface area contributed by atoms with Gasteiger partial charge in [0.15, 0.2) is 5.78 Å². The molecule has 1 aliphatic rings. The molecular weight excluding hydrogens is 270 g/mol. The third kappa shape index (κ3) is 2.94. The monoisotopic (exact) mass is 287 g/mol. The summed E-state index contributed by atoms with van der Waals surface area (Å²) < 4.78 is 0. The summed E-state index contributed by atoms with van der Waals surface area (Å²) in [7, 11) is 0. The van der Waals surface area contributed by atoms with Crippen LogP contribution >= 0.6 is 11.6 Å². The molecular formula is C17H18ClNO. The Morgan fingerprint density at radius 2 is 2.10 bits per heavy atom. The molecule has 1 fully saturated rings. The largest absolute Gasteiger partial charge is 0.295 e. The minimum atomic E-state index is -0.0723. The Labute approximate surface area is 125 Å². The zero-order valence-corrected chi connectivity index (χ0v) is 12.5. The Balaban J connectivity index is 2.00. The molecule has 2 rings (SSSR count). The number of ketones is 1. The van der Waals surface area contributed by atoms with Gasteiger partial charge in [0, 0.05) is 17.4 Å². The van der Waals surface area contributed by atoms with E-state index in [1.54, 1.807) is 6.08 Å². The standard InChI is InChI=1S/C17H18ClNO/c1-17(2)13(9-10-19)11-15(17)16(20)8-5-12-3-6-14(18)7-4-12/h3-8,13,15H,9,11H2,1-2H3/b8-5+/t13-,15-/m0/s1. The molecule has 0 bridgehead atoms. The van der Waals surface area contributed by atoms with E-state index in [0.717, 1.165) is 12.0 Å². The summed E-state index contributed by atoms with van der Waals surface area (Å²) >= 11 is 5.82. The molecule has 1 aliphatic carbocycles. The zero-order valence-electron chi connectivity index (χ0n) is 11.8. The molecule has 20 heavy (non-hydrogen) atoms. The molecule has 0 N–H and O–H groups in total. The number of benzene rings is 1. The summed E-state index contributed by atoms with van der Waals surface area (Å²) in [5.41, 5.74) is 0.894. The fraction of sp³-hybridized carbons (Fsp3) is 0.412. The Bertz CT molecular complexity index is 566. The van der Waals surface area contributed by atoms with Crippen molar-refractivity contribution in [2.24, 2.45) is 17.3 Å². The number of rotatable bonds is 4. The molecule has 0 amide bonds. The summed E-state index contributed by atoms with van der Waals surface area (Å²) in [4.78, 5) is 12.2. The maximum Gasteiger partial charge on any atom is 0.159 e. The lowest BCUT2D eigenvalue weighted by Gasteiger charge is -2.50. The van der Waals surface area contributed by atoms with Gasteiger partial charge in [-0.25, -0.2) is 0 Å². The number of nitrogens with zero attached hydrogens (tertiary/aromatic N) is 1. The molecule has 0 saturated heterocycles. The maximum atomic E-state index is 12.2. The van der Waals surface area contributed by atoms with E-state index >= 15 is 0 Å². The van der Waals surface area contributed by atoms with Gasteiger partial charge >= 0.3 is 0 Å². The van der Waals surface area contributed by atoms with Gasteiger partial charge in [0.1, 0.15) is 0 Å². The lowest BCUT2D eigenvalue weighted by atomic mass is 9.52. The number of allylic oxidation sites excluding steroid dienone is 1. The van der Waals surface area contributed by atoms with E-state index in [0.29, 0.717) is 17.4 Å². The van der Waals surface area contributed by atoms with Gasteiger partial charge in [0.2, 0.25) is 0 Å².